The molecule has 5 atom stereocenters. The zero-order chi connectivity index (χ0) is 38.0. The average Bonchev–Trinajstić information content (AvgIpc) is 3.88. The highest BCUT2D eigenvalue weighted by Crippen LogP contribution is 2.48. The molecule has 4 aliphatic heterocycles. The molecule has 14 heteroatoms. The topological polar surface area (TPSA) is 82.8 Å². The van der Waals surface area contributed by atoms with Gasteiger partial charge >= 0.3 is 6.01 Å². The molecule has 5 aromatic rings. The molecule has 4 saturated heterocycles. The minimum absolute atomic E-state index is 0.0208. The number of phenols is 1. The maximum atomic E-state index is 17.8. The summed E-state index contributed by atoms with van der Waals surface area (Å²) in [6.07, 6.45) is 10.6. The highest BCUT2D eigenvalue weighted by molar-refractivity contribution is 6.18. The van der Waals surface area contributed by atoms with Crippen LogP contribution in [0.5, 0.6) is 11.8 Å². The second-order valence-corrected chi connectivity index (χ2v) is 16.3. The lowest BCUT2D eigenvalue weighted by Gasteiger charge is -2.46. The normalized spacial score (nSPS) is 27.6. The molecule has 2 bridgehead atoms. The molecule has 55 heavy (non-hydrogen) atoms. The van der Waals surface area contributed by atoms with Gasteiger partial charge in [0.25, 0.3) is 5.92 Å². The van der Waals surface area contributed by atoms with Gasteiger partial charge in [-0.05, 0) is 67.8 Å². The highest BCUT2D eigenvalue weighted by Gasteiger charge is 2.51. The number of nitrogens with zero attached hydrogens (tertiary/aromatic N) is 7. The van der Waals surface area contributed by atoms with Crippen molar-refractivity contribution in [1.29, 1.82) is 0 Å². The van der Waals surface area contributed by atoms with E-state index in [2.05, 4.69) is 20.6 Å². The van der Waals surface area contributed by atoms with Gasteiger partial charge in [-0.15, -0.1) is 6.42 Å². The van der Waals surface area contributed by atoms with Gasteiger partial charge in [-0.25, -0.2) is 22.0 Å². The van der Waals surface area contributed by atoms with Gasteiger partial charge in [0.15, 0.2) is 5.82 Å². The number of phenolic OH excluding ortho intramolecular Hbond substituents is 1. The van der Waals surface area contributed by atoms with E-state index in [-0.39, 0.29) is 70.0 Å². The largest absolute Gasteiger partial charge is 0.508 e. The zero-order valence-electron chi connectivity index (χ0n) is 30.3. The van der Waals surface area contributed by atoms with Gasteiger partial charge in [0.05, 0.1) is 16.5 Å². The van der Waals surface area contributed by atoms with E-state index in [1.807, 2.05) is 0 Å². The minimum Gasteiger partial charge on any atom is -0.508 e. The van der Waals surface area contributed by atoms with Crippen molar-refractivity contribution >= 4 is 38.4 Å². The van der Waals surface area contributed by atoms with Crippen molar-refractivity contribution < 1.29 is 31.8 Å². The summed E-state index contributed by atoms with van der Waals surface area (Å²) >= 11 is 0. The van der Waals surface area contributed by atoms with Crippen molar-refractivity contribution in [2.24, 2.45) is 13.0 Å². The second-order valence-electron chi connectivity index (χ2n) is 16.3. The molecule has 0 amide bonds. The SMILES string of the molecule is C#Cc1c(F)ccc2cc(O)cc(-c3c(F)c4nc(OC[C@@]56CCCN5C[C@H](F)C6)nc(N5[C@@H]6CC[C@H]5CN(CC5CCC5(F)F)C6)c4c4cn(C)nc34)c12. The number of piperazine rings is 1. The lowest BCUT2D eigenvalue weighted by atomic mass is 9.80. The minimum atomic E-state index is -2.64. The lowest BCUT2D eigenvalue weighted by Crippen LogP contribution is -2.57. The molecule has 0 spiro atoms. The first-order chi connectivity index (χ1) is 26.4. The Bertz CT molecular complexity index is 2440. The number of likely N-dealkylation sites (tertiary alicyclic amines) is 1. The predicted octanol–water partition coefficient (Wildman–Crippen LogP) is 6.96. The van der Waals surface area contributed by atoms with E-state index < -0.39 is 35.2 Å². The fraction of sp³-hybridized carbons (Fsp3) is 0.488. The number of aromatic hydroxyl groups is 1. The van der Waals surface area contributed by atoms with E-state index in [4.69, 9.17) is 26.2 Å². The molecular weight excluding hydrogens is 717 g/mol. The zero-order valence-corrected chi connectivity index (χ0v) is 30.3. The standard InChI is InChI=1S/C41H40F5N7O2/c1-3-28-31(43)8-5-22-13-27(54)14-29(32(22)28)33-35(44)37-34(30-20-50(2)49-36(30)33)38(48-39(47-37)55-21-40-10-4-12-52(40)17-24(42)15-40)53-25-6-7-26(53)19-51(18-25)16-23-9-11-41(23,45)46/h1,5,8,13-14,20,23-26,54H,4,6-7,9-12,15-19,21H2,2H3/t23?,24-,25-,26+,40+/m1/s1. The number of halogens is 5. The van der Waals surface area contributed by atoms with Crippen LogP contribution in [0.3, 0.4) is 0 Å². The smallest absolute Gasteiger partial charge is 0.319 e. The molecule has 3 aromatic carbocycles. The first kappa shape index (κ1) is 34.7. The van der Waals surface area contributed by atoms with Crippen LogP contribution in [0.25, 0.3) is 43.7 Å². The number of ether oxygens (including phenoxy) is 1. The van der Waals surface area contributed by atoms with E-state index in [0.717, 1.165) is 32.2 Å². The number of anilines is 1. The quantitative estimate of drug-likeness (QED) is 0.141. The van der Waals surface area contributed by atoms with Crippen molar-refractivity contribution in [2.75, 3.05) is 44.2 Å². The van der Waals surface area contributed by atoms with Gasteiger partial charge < -0.3 is 14.7 Å². The summed E-state index contributed by atoms with van der Waals surface area (Å²) in [6, 6.07) is 5.25. The Kier molecular flexibility index (Phi) is 7.82. The number of fused-ring (bicyclic) bond motifs is 7. The lowest BCUT2D eigenvalue weighted by molar-refractivity contribution is -0.140. The number of rotatable bonds is 7. The van der Waals surface area contributed by atoms with Gasteiger partial charge in [0, 0.05) is 86.6 Å². The van der Waals surface area contributed by atoms with E-state index in [9.17, 15) is 18.3 Å². The van der Waals surface area contributed by atoms with Gasteiger partial charge in [0.1, 0.15) is 41.2 Å². The molecule has 9 nitrogen and oxygen atoms in total. The fourth-order valence-electron chi connectivity index (χ4n) is 10.4. The molecule has 5 aliphatic rings. The Morgan fingerprint density at radius 2 is 1.82 bits per heavy atom. The van der Waals surface area contributed by atoms with Gasteiger partial charge in [-0.1, -0.05) is 12.0 Å². The van der Waals surface area contributed by atoms with Crippen LogP contribution >= 0.6 is 0 Å². The monoisotopic (exact) mass is 757 g/mol. The predicted molar refractivity (Wildman–Crippen MR) is 198 cm³/mol. The molecule has 6 heterocycles. The van der Waals surface area contributed by atoms with Crippen molar-refractivity contribution in [3.63, 3.8) is 0 Å². The first-order valence-electron chi connectivity index (χ1n) is 19.1. The van der Waals surface area contributed by atoms with Crippen LogP contribution < -0.4 is 9.64 Å². The molecule has 0 radical (unpaired) electrons. The van der Waals surface area contributed by atoms with Crippen LogP contribution in [0.1, 0.15) is 50.5 Å². The number of terminal acetylenes is 1. The van der Waals surface area contributed by atoms with Crippen molar-refractivity contribution in [2.45, 2.75) is 74.7 Å². The third kappa shape index (κ3) is 5.36. The fourth-order valence-corrected chi connectivity index (χ4v) is 10.4. The molecular formula is C41H40F5N7O2. The molecule has 1 unspecified atom stereocenters. The van der Waals surface area contributed by atoms with Crippen LogP contribution in [-0.4, -0.2) is 104 Å². The first-order valence-corrected chi connectivity index (χ1v) is 19.1. The van der Waals surface area contributed by atoms with Crippen LogP contribution in [0.2, 0.25) is 0 Å². The molecule has 5 fully saturated rings. The second kappa shape index (κ2) is 12.4. The number of benzene rings is 3. The third-order valence-corrected chi connectivity index (χ3v) is 13.0. The summed E-state index contributed by atoms with van der Waals surface area (Å²) < 4.78 is 84.4. The highest BCUT2D eigenvalue weighted by atomic mass is 19.3. The molecule has 1 saturated carbocycles. The molecule has 2 aromatic heterocycles. The Morgan fingerprint density at radius 3 is 2.55 bits per heavy atom. The van der Waals surface area contributed by atoms with Crippen LogP contribution in [0, 0.1) is 29.9 Å². The van der Waals surface area contributed by atoms with E-state index in [1.165, 1.54) is 24.3 Å². The van der Waals surface area contributed by atoms with Crippen molar-refractivity contribution in [3.8, 4) is 35.2 Å². The van der Waals surface area contributed by atoms with Crippen molar-refractivity contribution in [1.82, 2.24) is 29.5 Å². The number of hydrogen-bond donors (Lipinski definition) is 1. The van der Waals surface area contributed by atoms with Gasteiger partial charge in [0.2, 0.25) is 0 Å². The molecule has 286 valence electrons. The van der Waals surface area contributed by atoms with E-state index in [1.54, 1.807) is 17.9 Å². The maximum Gasteiger partial charge on any atom is 0.319 e. The molecule has 1 N–H and O–H groups in total. The third-order valence-electron chi connectivity index (χ3n) is 13.0. The van der Waals surface area contributed by atoms with Crippen LogP contribution in [0.4, 0.5) is 27.8 Å². The van der Waals surface area contributed by atoms with Crippen molar-refractivity contribution in [3.05, 3.63) is 47.7 Å². The maximum absolute atomic E-state index is 17.8. The summed E-state index contributed by atoms with van der Waals surface area (Å²) in [5.74, 6) is -2.06. The number of alkyl halides is 3. The molecule has 1 aliphatic carbocycles. The summed E-state index contributed by atoms with van der Waals surface area (Å²) in [5, 5.41) is 17.2. The number of aromatic nitrogens is 4. The average molecular weight is 758 g/mol. The Hall–Kier alpha value is -4.74. The van der Waals surface area contributed by atoms with Crippen LogP contribution in [0.15, 0.2) is 30.5 Å². The Morgan fingerprint density at radius 1 is 1.02 bits per heavy atom. The summed E-state index contributed by atoms with van der Waals surface area (Å²) in [7, 11) is 1.71. The summed E-state index contributed by atoms with van der Waals surface area (Å²) in [5.41, 5.74) is -0.288. The van der Waals surface area contributed by atoms with E-state index in [0.29, 0.717) is 61.0 Å². The van der Waals surface area contributed by atoms with Gasteiger partial charge in [-0.3, -0.25) is 14.5 Å². The van der Waals surface area contributed by atoms with Gasteiger partial charge in [-0.2, -0.15) is 15.1 Å². The summed E-state index contributed by atoms with van der Waals surface area (Å²) in [4.78, 5) is 16.2. The number of hydrogen-bond acceptors (Lipinski definition) is 8. The summed E-state index contributed by atoms with van der Waals surface area (Å²) in [6.45, 7) is 2.65. The number of aryl methyl sites for hydroxylation is 1. The molecule has 10 rings (SSSR count). The Labute approximate surface area is 314 Å². The van der Waals surface area contributed by atoms with Crippen LogP contribution in [-0.2, 0) is 7.05 Å². The van der Waals surface area contributed by atoms with E-state index >= 15 is 8.78 Å². The Balaban J connectivity index is 1.16.